The monoisotopic (exact) mass is 755 g/mol. The minimum absolute atomic E-state index is 0.828. The van der Waals surface area contributed by atoms with Crippen molar-refractivity contribution in [2.45, 2.75) is 12.8 Å². The Morgan fingerprint density at radius 1 is 0.441 bits per heavy atom. The third kappa shape index (κ3) is 5.87. The molecule has 59 heavy (non-hydrogen) atoms. The van der Waals surface area contributed by atoms with Gasteiger partial charge < -0.3 is 9.64 Å². The van der Waals surface area contributed by atoms with Crippen LogP contribution in [-0.4, -0.2) is 7.11 Å². The number of allylic oxidation sites excluding steroid dienone is 4. The Hall–Kier alpha value is -7.42. The van der Waals surface area contributed by atoms with E-state index in [1.807, 2.05) is 0 Å². The summed E-state index contributed by atoms with van der Waals surface area (Å²) in [7, 11) is 1.72. The molecule has 0 unspecified atom stereocenters. The third-order valence-corrected chi connectivity index (χ3v) is 12.1. The van der Waals surface area contributed by atoms with Crippen molar-refractivity contribution in [3.63, 3.8) is 0 Å². The van der Waals surface area contributed by atoms with Gasteiger partial charge in [-0.05, 0) is 143 Å². The van der Waals surface area contributed by atoms with E-state index in [0.717, 1.165) is 35.7 Å². The molecule has 0 atom stereocenters. The Morgan fingerprint density at radius 3 is 1.76 bits per heavy atom. The van der Waals surface area contributed by atoms with Crippen LogP contribution in [0.3, 0.4) is 0 Å². The summed E-state index contributed by atoms with van der Waals surface area (Å²) in [4.78, 5) is 2.42. The normalized spacial score (nSPS) is 12.7. The maximum Gasteiger partial charge on any atom is 0.119 e. The molecule has 0 amide bonds. The maximum atomic E-state index is 5.65. The van der Waals surface area contributed by atoms with Gasteiger partial charge in [0.1, 0.15) is 5.75 Å². The second kappa shape index (κ2) is 14.5. The van der Waals surface area contributed by atoms with E-state index in [1.54, 1.807) is 7.11 Å². The first-order valence-corrected chi connectivity index (χ1v) is 20.5. The molecule has 1 aliphatic rings. The van der Waals surface area contributed by atoms with Crippen molar-refractivity contribution in [1.29, 1.82) is 0 Å². The lowest BCUT2D eigenvalue weighted by molar-refractivity contribution is 0.415. The summed E-state index contributed by atoms with van der Waals surface area (Å²) in [5.74, 6) is 0.828. The van der Waals surface area contributed by atoms with Gasteiger partial charge in [0.2, 0.25) is 0 Å². The van der Waals surface area contributed by atoms with Gasteiger partial charge >= 0.3 is 0 Å². The van der Waals surface area contributed by atoms with E-state index < -0.39 is 0 Å². The number of nitrogens with zero attached hydrogens (tertiary/aromatic N) is 1. The molecule has 0 radical (unpaired) electrons. The van der Waals surface area contributed by atoms with E-state index in [4.69, 9.17) is 4.74 Å². The number of hydrogen-bond donors (Lipinski definition) is 0. The lowest BCUT2D eigenvalue weighted by Crippen LogP contribution is -2.11. The fraction of sp³-hybridized carbons (Fsp3) is 0.0526. The predicted octanol–water partition coefficient (Wildman–Crippen LogP) is 16.0. The van der Waals surface area contributed by atoms with Crippen LogP contribution in [0.2, 0.25) is 0 Å². The van der Waals surface area contributed by atoms with Crippen LogP contribution in [0, 0.1) is 0 Å². The predicted molar refractivity (Wildman–Crippen MR) is 252 cm³/mol. The van der Waals surface area contributed by atoms with E-state index in [1.165, 1.54) is 87.3 Å². The fourth-order valence-electron chi connectivity index (χ4n) is 9.45. The summed E-state index contributed by atoms with van der Waals surface area (Å²) in [6.45, 7) is 0. The second-order valence-electron chi connectivity index (χ2n) is 15.4. The summed E-state index contributed by atoms with van der Waals surface area (Å²) in [5.41, 5.74) is 10.8. The van der Waals surface area contributed by atoms with E-state index in [0.29, 0.717) is 0 Å². The molecule has 2 nitrogen and oxygen atoms in total. The number of rotatable bonds is 7. The van der Waals surface area contributed by atoms with Gasteiger partial charge in [0.25, 0.3) is 0 Å². The van der Waals surface area contributed by atoms with Gasteiger partial charge in [-0.1, -0.05) is 158 Å². The number of ether oxygens (including phenoxy) is 1. The molecule has 280 valence electrons. The standard InChI is InChI=1S/C57H41NO/c1-59-44-32-29-42(30-33-44)58(54-35-41-23-11-12-24-45(41)46-25-13-15-27-48(46)54)43-31-34-50-53(36-43)47-26-14-16-28-49(47)56-52(39-19-7-3-8-20-39)37-51(38-17-5-2-6-18-38)55(57(50)56)40-21-9-4-10-22-40/h3-5,7-37H,2,6H2,1H3. The highest BCUT2D eigenvalue weighted by molar-refractivity contribution is 6.33. The van der Waals surface area contributed by atoms with Crippen molar-refractivity contribution in [2.24, 2.45) is 0 Å². The van der Waals surface area contributed by atoms with Gasteiger partial charge in [-0.25, -0.2) is 0 Å². The fourth-order valence-corrected chi connectivity index (χ4v) is 9.45. The topological polar surface area (TPSA) is 12.5 Å². The third-order valence-electron chi connectivity index (χ3n) is 12.1. The van der Waals surface area contributed by atoms with Gasteiger partial charge in [0.15, 0.2) is 0 Å². The number of benzene rings is 10. The number of fused-ring (bicyclic) bond motifs is 9. The number of hydrogen-bond acceptors (Lipinski definition) is 2. The maximum absolute atomic E-state index is 5.65. The van der Waals surface area contributed by atoms with E-state index in [-0.39, 0.29) is 0 Å². The molecule has 1 aliphatic carbocycles. The molecule has 0 aliphatic heterocycles. The molecule has 0 saturated heterocycles. The number of methoxy groups -OCH3 is 1. The van der Waals surface area contributed by atoms with Gasteiger partial charge in [-0.2, -0.15) is 0 Å². The molecular weight excluding hydrogens is 715 g/mol. The molecule has 2 heteroatoms. The number of anilines is 3. The van der Waals surface area contributed by atoms with Crippen LogP contribution in [0.15, 0.2) is 206 Å². The smallest absolute Gasteiger partial charge is 0.119 e. The lowest BCUT2D eigenvalue weighted by Gasteiger charge is -2.28. The molecule has 0 saturated carbocycles. The summed E-state index contributed by atoms with van der Waals surface area (Å²) in [6, 6.07) is 68.9. The van der Waals surface area contributed by atoms with Crippen molar-refractivity contribution in [3.05, 3.63) is 212 Å². The Balaban J connectivity index is 1.28. The van der Waals surface area contributed by atoms with Crippen LogP contribution in [0.1, 0.15) is 18.4 Å². The highest BCUT2D eigenvalue weighted by Crippen LogP contribution is 2.50. The summed E-state index contributed by atoms with van der Waals surface area (Å²) in [6.07, 6.45) is 9.17. The highest BCUT2D eigenvalue weighted by Gasteiger charge is 2.24. The van der Waals surface area contributed by atoms with Crippen LogP contribution in [0.5, 0.6) is 5.75 Å². The summed E-state index contributed by atoms with van der Waals surface area (Å²) in [5, 5.41) is 12.4. The Kier molecular flexibility index (Phi) is 8.56. The highest BCUT2D eigenvalue weighted by atomic mass is 16.5. The molecule has 0 spiro atoms. The first kappa shape index (κ1) is 34.8. The molecule has 0 fully saturated rings. The Morgan fingerprint density at radius 2 is 1.05 bits per heavy atom. The molecule has 10 aromatic carbocycles. The Bertz CT molecular complexity index is 3290. The van der Waals surface area contributed by atoms with Crippen molar-refractivity contribution >= 4 is 76.5 Å². The molecule has 0 N–H and O–H groups in total. The summed E-state index contributed by atoms with van der Waals surface area (Å²) >= 11 is 0. The average molecular weight is 756 g/mol. The molecule has 0 heterocycles. The van der Waals surface area contributed by atoms with E-state index in [2.05, 4.69) is 211 Å². The van der Waals surface area contributed by atoms with E-state index in [9.17, 15) is 0 Å². The van der Waals surface area contributed by atoms with Crippen molar-refractivity contribution in [1.82, 2.24) is 0 Å². The molecular formula is C57H41NO. The lowest BCUT2D eigenvalue weighted by atomic mass is 9.80. The van der Waals surface area contributed by atoms with Crippen molar-refractivity contribution in [2.75, 3.05) is 12.0 Å². The zero-order chi connectivity index (χ0) is 39.3. The zero-order valence-electron chi connectivity index (χ0n) is 32.9. The van der Waals surface area contributed by atoms with Gasteiger partial charge in [0.05, 0.1) is 12.8 Å². The van der Waals surface area contributed by atoms with Crippen LogP contribution in [-0.2, 0) is 0 Å². The second-order valence-corrected chi connectivity index (χ2v) is 15.4. The van der Waals surface area contributed by atoms with Gasteiger partial charge in [-0.3, -0.25) is 0 Å². The quantitative estimate of drug-likeness (QED) is 0.150. The van der Waals surface area contributed by atoms with Crippen molar-refractivity contribution in [3.8, 4) is 28.0 Å². The minimum Gasteiger partial charge on any atom is -0.497 e. The SMILES string of the molecule is COc1ccc(N(c2ccc3c(c2)c2ccccc2c2c(-c4ccccc4)cc(C4=CCCC=C4)c(-c4ccccc4)c32)c2cc3ccccc3c3ccccc23)cc1. The molecule has 11 rings (SSSR count). The minimum atomic E-state index is 0.828. The molecule has 0 bridgehead atoms. The largest absolute Gasteiger partial charge is 0.497 e. The van der Waals surface area contributed by atoms with Crippen LogP contribution in [0.25, 0.3) is 81.7 Å². The average Bonchev–Trinajstić information content (AvgIpc) is 3.32. The first-order valence-electron chi connectivity index (χ1n) is 20.5. The van der Waals surface area contributed by atoms with Gasteiger partial charge in [0, 0.05) is 16.8 Å². The van der Waals surface area contributed by atoms with E-state index >= 15 is 0 Å². The van der Waals surface area contributed by atoms with Gasteiger partial charge in [-0.15, -0.1) is 0 Å². The first-order chi connectivity index (χ1) is 29.2. The van der Waals surface area contributed by atoms with Crippen LogP contribution < -0.4 is 9.64 Å². The molecule has 0 aromatic heterocycles. The van der Waals surface area contributed by atoms with Crippen molar-refractivity contribution < 1.29 is 4.74 Å². The Labute approximate surface area is 344 Å². The van der Waals surface area contributed by atoms with Crippen LogP contribution in [0.4, 0.5) is 17.1 Å². The van der Waals surface area contributed by atoms with Crippen LogP contribution >= 0.6 is 0 Å². The molecule has 10 aromatic rings. The summed E-state index contributed by atoms with van der Waals surface area (Å²) < 4.78 is 5.65. The zero-order valence-corrected chi connectivity index (χ0v) is 32.9.